The van der Waals surface area contributed by atoms with Crippen molar-refractivity contribution in [3.05, 3.63) is 34.1 Å². The van der Waals surface area contributed by atoms with Gasteiger partial charge in [0.15, 0.2) is 0 Å². The van der Waals surface area contributed by atoms with Crippen molar-refractivity contribution in [2.24, 2.45) is 5.41 Å². The van der Waals surface area contributed by atoms with Gasteiger partial charge in [-0.05, 0) is 47.0 Å². The van der Waals surface area contributed by atoms with Gasteiger partial charge < -0.3 is 10.0 Å². The molecule has 1 aromatic rings. The summed E-state index contributed by atoms with van der Waals surface area (Å²) in [6.45, 7) is 2.49. The Bertz CT molecular complexity index is 578. The lowest BCUT2D eigenvalue weighted by molar-refractivity contribution is -0.148. The van der Waals surface area contributed by atoms with Gasteiger partial charge >= 0.3 is 5.97 Å². The Morgan fingerprint density at radius 1 is 1.48 bits per heavy atom. The highest BCUT2D eigenvalue weighted by molar-refractivity contribution is 9.10. The molecule has 1 amide bonds. The zero-order valence-electron chi connectivity index (χ0n) is 11.7. The molecule has 0 spiro atoms. The van der Waals surface area contributed by atoms with Gasteiger partial charge in [-0.15, -0.1) is 0 Å². The first-order valence-corrected chi connectivity index (χ1v) is 7.66. The summed E-state index contributed by atoms with van der Waals surface area (Å²) in [5, 5.41) is 9.46. The van der Waals surface area contributed by atoms with Gasteiger partial charge in [0.25, 0.3) is 5.91 Å². The number of aliphatic carboxylic acids is 1. The lowest BCUT2D eigenvalue weighted by Crippen LogP contribution is -2.37. The smallest absolute Gasteiger partial charge is 0.311 e. The summed E-state index contributed by atoms with van der Waals surface area (Å²) in [5.74, 6) is -1.68. The van der Waals surface area contributed by atoms with Crippen LogP contribution in [-0.4, -0.2) is 35.0 Å². The molecule has 1 aliphatic rings. The van der Waals surface area contributed by atoms with Crippen molar-refractivity contribution >= 4 is 27.8 Å². The van der Waals surface area contributed by atoms with Crippen molar-refractivity contribution in [1.82, 2.24) is 4.90 Å². The summed E-state index contributed by atoms with van der Waals surface area (Å²) in [5.41, 5.74) is -0.641. The molecule has 21 heavy (non-hydrogen) atoms. The summed E-state index contributed by atoms with van der Waals surface area (Å²) in [6.07, 6.45) is 1.73. The first-order valence-electron chi connectivity index (χ1n) is 6.87. The molecular formula is C15H17BrFNO3. The average molecular weight is 358 g/mol. The van der Waals surface area contributed by atoms with E-state index in [-0.39, 0.29) is 18.0 Å². The highest BCUT2D eigenvalue weighted by Crippen LogP contribution is 2.36. The summed E-state index contributed by atoms with van der Waals surface area (Å²) in [6, 6.07) is 3.92. The van der Waals surface area contributed by atoms with Crippen molar-refractivity contribution in [3.8, 4) is 0 Å². The van der Waals surface area contributed by atoms with E-state index in [0.717, 1.165) is 6.42 Å². The van der Waals surface area contributed by atoms with Crippen LogP contribution in [0.15, 0.2) is 22.7 Å². The number of carbonyl (C=O) groups is 2. The Labute approximate surface area is 131 Å². The van der Waals surface area contributed by atoms with Gasteiger partial charge in [-0.1, -0.05) is 13.3 Å². The number of carbonyl (C=O) groups excluding carboxylic acids is 1. The van der Waals surface area contributed by atoms with Crippen LogP contribution in [0.4, 0.5) is 4.39 Å². The number of carboxylic acid groups (broad SMARTS) is 1. The number of likely N-dealkylation sites (tertiary alicyclic amines) is 1. The second-order valence-corrected chi connectivity index (χ2v) is 6.29. The quantitative estimate of drug-likeness (QED) is 0.899. The third kappa shape index (κ3) is 3.10. The molecule has 1 aromatic carbocycles. The number of rotatable bonds is 4. The number of nitrogens with zero attached hydrogens (tertiary/aromatic N) is 1. The van der Waals surface area contributed by atoms with Crippen molar-refractivity contribution in [2.75, 3.05) is 13.1 Å². The van der Waals surface area contributed by atoms with E-state index in [4.69, 9.17) is 0 Å². The zero-order valence-corrected chi connectivity index (χ0v) is 13.3. The molecule has 0 aliphatic carbocycles. The molecule has 1 heterocycles. The fourth-order valence-corrected chi connectivity index (χ4v) is 3.26. The molecule has 0 bridgehead atoms. The molecule has 1 fully saturated rings. The number of amides is 1. The Morgan fingerprint density at radius 2 is 2.19 bits per heavy atom. The molecule has 1 unspecified atom stereocenters. The fraction of sp³-hybridized carbons (Fsp3) is 0.467. The number of hydrogen-bond donors (Lipinski definition) is 1. The van der Waals surface area contributed by atoms with Crippen LogP contribution in [0.1, 0.15) is 36.5 Å². The molecule has 1 N–H and O–H groups in total. The minimum absolute atomic E-state index is 0.179. The van der Waals surface area contributed by atoms with Crippen LogP contribution >= 0.6 is 15.9 Å². The molecular weight excluding hydrogens is 341 g/mol. The number of halogens is 2. The largest absolute Gasteiger partial charge is 0.481 e. The van der Waals surface area contributed by atoms with Crippen molar-refractivity contribution in [3.63, 3.8) is 0 Å². The van der Waals surface area contributed by atoms with Crippen molar-refractivity contribution in [1.29, 1.82) is 0 Å². The Kier molecular flexibility index (Phi) is 4.66. The average Bonchev–Trinajstić information content (AvgIpc) is 2.87. The second-order valence-electron chi connectivity index (χ2n) is 5.44. The Balaban J connectivity index is 2.22. The van der Waals surface area contributed by atoms with Gasteiger partial charge in [0.1, 0.15) is 5.82 Å². The topological polar surface area (TPSA) is 57.6 Å². The van der Waals surface area contributed by atoms with Crippen molar-refractivity contribution < 1.29 is 19.1 Å². The van der Waals surface area contributed by atoms with E-state index in [1.54, 1.807) is 0 Å². The van der Waals surface area contributed by atoms with Gasteiger partial charge in [-0.3, -0.25) is 9.59 Å². The van der Waals surface area contributed by atoms with Crippen LogP contribution < -0.4 is 0 Å². The first kappa shape index (κ1) is 15.9. The van der Waals surface area contributed by atoms with E-state index in [0.29, 0.717) is 23.9 Å². The second kappa shape index (κ2) is 6.13. The first-order chi connectivity index (χ1) is 9.89. The molecule has 0 saturated carbocycles. The summed E-state index contributed by atoms with van der Waals surface area (Å²) in [4.78, 5) is 25.5. The minimum atomic E-state index is -0.871. The molecule has 6 heteroatoms. The predicted molar refractivity (Wildman–Crippen MR) is 79.6 cm³/mol. The molecule has 1 saturated heterocycles. The summed E-state index contributed by atoms with van der Waals surface area (Å²) < 4.78 is 13.8. The molecule has 2 rings (SSSR count). The highest BCUT2D eigenvalue weighted by Gasteiger charge is 2.45. The van der Waals surface area contributed by atoms with Gasteiger partial charge in [-0.25, -0.2) is 4.39 Å². The lowest BCUT2D eigenvalue weighted by atomic mass is 9.83. The summed E-state index contributed by atoms with van der Waals surface area (Å²) >= 11 is 3.24. The van der Waals surface area contributed by atoms with Crippen molar-refractivity contribution in [2.45, 2.75) is 26.2 Å². The van der Waals surface area contributed by atoms with Gasteiger partial charge in [0, 0.05) is 17.6 Å². The normalized spacial score (nSPS) is 21.6. The van der Waals surface area contributed by atoms with E-state index in [1.807, 2.05) is 6.92 Å². The van der Waals surface area contributed by atoms with Gasteiger partial charge in [-0.2, -0.15) is 0 Å². The predicted octanol–water partition coefficient (Wildman–Crippen LogP) is 3.31. The Hall–Kier alpha value is -1.43. The SMILES string of the molecule is CCCC1(C(=O)O)CCN(C(=O)c2cc(F)ccc2Br)C1. The number of hydrogen-bond acceptors (Lipinski definition) is 2. The molecule has 0 radical (unpaired) electrons. The molecule has 1 atom stereocenters. The maximum atomic E-state index is 13.3. The van der Waals surface area contributed by atoms with E-state index in [2.05, 4.69) is 15.9 Å². The Morgan fingerprint density at radius 3 is 2.81 bits per heavy atom. The van der Waals surface area contributed by atoms with E-state index in [1.165, 1.54) is 23.1 Å². The monoisotopic (exact) mass is 357 g/mol. The zero-order chi connectivity index (χ0) is 15.6. The van der Waals surface area contributed by atoms with Crippen LogP contribution in [0.25, 0.3) is 0 Å². The van der Waals surface area contributed by atoms with Gasteiger partial charge in [0.05, 0.1) is 11.0 Å². The molecule has 114 valence electrons. The molecule has 4 nitrogen and oxygen atoms in total. The maximum Gasteiger partial charge on any atom is 0.311 e. The third-order valence-corrected chi connectivity index (χ3v) is 4.67. The standard InChI is InChI=1S/C15H17BrFNO3/c1-2-5-15(14(20)21)6-7-18(9-15)13(19)11-8-10(17)3-4-12(11)16/h3-4,8H,2,5-7,9H2,1H3,(H,20,21). The highest BCUT2D eigenvalue weighted by atomic mass is 79.9. The molecule has 1 aliphatic heterocycles. The maximum absolute atomic E-state index is 13.3. The van der Waals surface area contributed by atoms with Gasteiger partial charge in [0.2, 0.25) is 0 Å². The van der Waals surface area contributed by atoms with Crippen LogP contribution in [0.2, 0.25) is 0 Å². The van der Waals surface area contributed by atoms with E-state index < -0.39 is 17.2 Å². The molecule has 0 aromatic heterocycles. The fourth-order valence-electron chi connectivity index (χ4n) is 2.84. The van der Waals surface area contributed by atoms with E-state index >= 15 is 0 Å². The van der Waals surface area contributed by atoms with Crippen LogP contribution in [0.5, 0.6) is 0 Å². The number of benzene rings is 1. The summed E-state index contributed by atoms with van der Waals surface area (Å²) in [7, 11) is 0. The number of carboxylic acids is 1. The van der Waals surface area contributed by atoms with Crippen LogP contribution in [0.3, 0.4) is 0 Å². The van der Waals surface area contributed by atoms with E-state index in [9.17, 15) is 19.1 Å². The van der Waals surface area contributed by atoms with Crippen LogP contribution in [0, 0.1) is 11.2 Å². The minimum Gasteiger partial charge on any atom is -0.481 e. The third-order valence-electron chi connectivity index (χ3n) is 3.98. The van der Waals surface area contributed by atoms with Crippen LogP contribution in [-0.2, 0) is 4.79 Å². The lowest BCUT2D eigenvalue weighted by Gasteiger charge is -2.24.